The Hall–Kier alpha value is -1.31. The van der Waals surface area contributed by atoms with E-state index in [0.717, 1.165) is 5.90 Å². The van der Waals surface area contributed by atoms with Gasteiger partial charge in [-0.05, 0) is 12.5 Å². The van der Waals surface area contributed by atoms with Crippen LogP contribution in [0.4, 0.5) is 0 Å². The number of aliphatic imine (C=N–C) groups is 1. The SMILES string of the molecule is CC(C)C1=NC(C)(c2ccccc2)CO1. The van der Waals surface area contributed by atoms with Gasteiger partial charge in [-0.15, -0.1) is 0 Å². The van der Waals surface area contributed by atoms with E-state index in [4.69, 9.17) is 4.74 Å². The summed E-state index contributed by atoms with van der Waals surface area (Å²) in [4.78, 5) is 4.68. The van der Waals surface area contributed by atoms with Gasteiger partial charge in [0, 0.05) is 5.92 Å². The van der Waals surface area contributed by atoms with Crippen LogP contribution >= 0.6 is 0 Å². The van der Waals surface area contributed by atoms with Gasteiger partial charge in [0.05, 0.1) is 0 Å². The smallest absolute Gasteiger partial charge is 0.186 e. The van der Waals surface area contributed by atoms with Gasteiger partial charge >= 0.3 is 0 Å². The van der Waals surface area contributed by atoms with Crippen LogP contribution in [-0.2, 0) is 10.3 Å². The molecule has 0 radical (unpaired) electrons. The Morgan fingerprint density at radius 1 is 1.27 bits per heavy atom. The van der Waals surface area contributed by atoms with Gasteiger partial charge in [0.25, 0.3) is 0 Å². The molecule has 2 heteroatoms. The van der Waals surface area contributed by atoms with Crippen molar-refractivity contribution in [3.8, 4) is 0 Å². The molecule has 1 aromatic rings. The largest absolute Gasteiger partial charge is 0.478 e. The number of benzene rings is 1. The van der Waals surface area contributed by atoms with E-state index >= 15 is 0 Å². The number of rotatable bonds is 2. The van der Waals surface area contributed by atoms with E-state index in [2.05, 4.69) is 37.9 Å². The molecule has 1 unspecified atom stereocenters. The summed E-state index contributed by atoms with van der Waals surface area (Å²) >= 11 is 0. The maximum absolute atomic E-state index is 5.63. The first-order chi connectivity index (χ1) is 7.12. The zero-order chi connectivity index (χ0) is 10.9. The summed E-state index contributed by atoms with van der Waals surface area (Å²) in [5.41, 5.74) is 1.03. The molecule has 0 aliphatic carbocycles. The molecule has 1 atom stereocenters. The minimum Gasteiger partial charge on any atom is -0.478 e. The molecule has 80 valence electrons. The van der Waals surface area contributed by atoms with Crippen LogP contribution in [0.25, 0.3) is 0 Å². The normalized spacial score (nSPS) is 25.2. The lowest BCUT2D eigenvalue weighted by molar-refractivity contribution is 0.259. The second-order valence-corrected chi connectivity index (χ2v) is 4.53. The molecule has 15 heavy (non-hydrogen) atoms. The Morgan fingerprint density at radius 3 is 2.47 bits per heavy atom. The molecular weight excluding hydrogens is 186 g/mol. The van der Waals surface area contributed by atoms with Crippen molar-refractivity contribution < 1.29 is 4.74 Å². The molecule has 1 heterocycles. The topological polar surface area (TPSA) is 21.6 Å². The molecule has 0 amide bonds. The van der Waals surface area contributed by atoms with Gasteiger partial charge in [0.2, 0.25) is 0 Å². The van der Waals surface area contributed by atoms with Crippen LogP contribution in [0.2, 0.25) is 0 Å². The van der Waals surface area contributed by atoms with Gasteiger partial charge in [0.1, 0.15) is 12.1 Å². The van der Waals surface area contributed by atoms with Gasteiger partial charge in [-0.3, -0.25) is 0 Å². The van der Waals surface area contributed by atoms with Crippen molar-refractivity contribution in [2.75, 3.05) is 6.61 Å². The van der Waals surface area contributed by atoms with Crippen molar-refractivity contribution in [1.82, 2.24) is 0 Å². The van der Waals surface area contributed by atoms with Crippen molar-refractivity contribution in [2.45, 2.75) is 26.3 Å². The highest BCUT2D eigenvalue weighted by atomic mass is 16.5. The molecule has 0 N–H and O–H groups in total. The highest BCUT2D eigenvalue weighted by Crippen LogP contribution is 2.31. The first-order valence-electron chi connectivity index (χ1n) is 5.40. The second kappa shape index (κ2) is 3.69. The molecule has 0 saturated carbocycles. The molecule has 0 aromatic heterocycles. The van der Waals surface area contributed by atoms with Crippen molar-refractivity contribution in [1.29, 1.82) is 0 Å². The van der Waals surface area contributed by atoms with Crippen LogP contribution in [0.1, 0.15) is 26.3 Å². The van der Waals surface area contributed by atoms with Gasteiger partial charge < -0.3 is 4.74 Å². The van der Waals surface area contributed by atoms with E-state index in [1.54, 1.807) is 0 Å². The van der Waals surface area contributed by atoms with Crippen LogP contribution < -0.4 is 0 Å². The first-order valence-corrected chi connectivity index (χ1v) is 5.40. The maximum atomic E-state index is 5.63. The van der Waals surface area contributed by atoms with Crippen molar-refractivity contribution in [3.05, 3.63) is 35.9 Å². The molecular formula is C13H17NO. The molecule has 0 spiro atoms. The summed E-state index contributed by atoms with van der Waals surface area (Å²) < 4.78 is 5.63. The third kappa shape index (κ3) is 1.89. The standard InChI is InChI=1S/C13H17NO/c1-10(2)12-14-13(3,9-15-12)11-7-5-4-6-8-11/h4-8,10H,9H2,1-3H3. The molecule has 1 aliphatic rings. The Balaban J connectivity index is 2.31. The lowest BCUT2D eigenvalue weighted by atomic mass is 9.94. The summed E-state index contributed by atoms with van der Waals surface area (Å²) in [5, 5.41) is 0. The predicted molar refractivity (Wildman–Crippen MR) is 62.0 cm³/mol. The van der Waals surface area contributed by atoms with Gasteiger partial charge in [-0.25, -0.2) is 4.99 Å². The average molecular weight is 203 g/mol. The molecule has 0 saturated heterocycles. The first kappa shape index (κ1) is 10.2. The van der Waals surface area contributed by atoms with Crippen molar-refractivity contribution in [2.24, 2.45) is 10.9 Å². The summed E-state index contributed by atoms with van der Waals surface area (Å²) in [6, 6.07) is 10.3. The molecule has 1 aliphatic heterocycles. The van der Waals surface area contributed by atoms with Gasteiger partial charge in [0.15, 0.2) is 5.90 Å². The minimum atomic E-state index is -0.194. The molecule has 1 aromatic carbocycles. The summed E-state index contributed by atoms with van der Waals surface area (Å²) in [7, 11) is 0. The van der Waals surface area contributed by atoms with E-state index in [0.29, 0.717) is 12.5 Å². The minimum absolute atomic E-state index is 0.194. The van der Waals surface area contributed by atoms with Crippen molar-refractivity contribution >= 4 is 5.90 Å². The van der Waals surface area contributed by atoms with Crippen molar-refractivity contribution in [3.63, 3.8) is 0 Å². The van der Waals surface area contributed by atoms with Crippen LogP contribution in [0.3, 0.4) is 0 Å². The van der Waals surface area contributed by atoms with Crippen LogP contribution in [0.5, 0.6) is 0 Å². The highest BCUT2D eigenvalue weighted by molar-refractivity contribution is 5.80. The number of ether oxygens (including phenoxy) is 1. The number of nitrogens with zero attached hydrogens (tertiary/aromatic N) is 1. The highest BCUT2D eigenvalue weighted by Gasteiger charge is 2.34. The van der Waals surface area contributed by atoms with Gasteiger partial charge in [-0.2, -0.15) is 0 Å². The fourth-order valence-electron chi connectivity index (χ4n) is 1.76. The molecule has 2 rings (SSSR count). The van der Waals surface area contributed by atoms with E-state index in [1.807, 2.05) is 18.2 Å². The Kier molecular flexibility index (Phi) is 2.51. The van der Waals surface area contributed by atoms with E-state index in [9.17, 15) is 0 Å². The summed E-state index contributed by atoms with van der Waals surface area (Å²) in [5.74, 6) is 1.25. The number of hydrogen-bond donors (Lipinski definition) is 0. The van der Waals surface area contributed by atoms with Crippen LogP contribution in [0.15, 0.2) is 35.3 Å². The zero-order valence-corrected chi connectivity index (χ0v) is 9.53. The Morgan fingerprint density at radius 2 is 1.93 bits per heavy atom. The molecule has 0 bridgehead atoms. The van der Waals surface area contributed by atoms with Crippen LogP contribution in [0, 0.1) is 5.92 Å². The fourth-order valence-corrected chi connectivity index (χ4v) is 1.76. The zero-order valence-electron chi connectivity index (χ0n) is 9.53. The average Bonchev–Trinajstić information content (AvgIpc) is 2.64. The third-order valence-corrected chi connectivity index (χ3v) is 2.75. The van der Waals surface area contributed by atoms with E-state index in [1.165, 1.54) is 5.56 Å². The number of hydrogen-bond acceptors (Lipinski definition) is 2. The van der Waals surface area contributed by atoms with E-state index < -0.39 is 0 Å². The quantitative estimate of drug-likeness (QED) is 0.724. The third-order valence-electron chi connectivity index (χ3n) is 2.75. The summed E-state index contributed by atoms with van der Waals surface area (Å²) in [6.45, 7) is 6.99. The maximum Gasteiger partial charge on any atom is 0.186 e. The van der Waals surface area contributed by atoms with Crippen LogP contribution in [-0.4, -0.2) is 12.5 Å². The van der Waals surface area contributed by atoms with Gasteiger partial charge in [-0.1, -0.05) is 44.2 Å². The lowest BCUT2D eigenvalue weighted by Crippen LogP contribution is -2.20. The lowest BCUT2D eigenvalue weighted by Gasteiger charge is -2.18. The Bertz CT molecular complexity index is 369. The van der Waals surface area contributed by atoms with E-state index in [-0.39, 0.29) is 5.54 Å². The predicted octanol–water partition coefficient (Wildman–Crippen LogP) is 2.99. The molecule has 0 fully saturated rings. The monoisotopic (exact) mass is 203 g/mol. The second-order valence-electron chi connectivity index (χ2n) is 4.53. The summed E-state index contributed by atoms with van der Waals surface area (Å²) in [6.07, 6.45) is 0. The molecule has 2 nitrogen and oxygen atoms in total. The Labute approximate surface area is 91.0 Å². The fraction of sp³-hybridized carbons (Fsp3) is 0.462.